The largest absolute Gasteiger partial charge is 0.496 e. The number of fused-ring (bicyclic) bond motifs is 2. The fourth-order valence-electron chi connectivity index (χ4n) is 4.36. The lowest BCUT2D eigenvalue weighted by Crippen LogP contribution is -2.54. The lowest BCUT2D eigenvalue weighted by molar-refractivity contribution is -0.103. The maximum absolute atomic E-state index is 12.4. The first kappa shape index (κ1) is 14.4. The molecule has 21 heavy (non-hydrogen) atoms. The summed E-state index contributed by atoms with van der Waals surface area (Å²) < 4.78 is 5.26. The lowest BCUT2D eigenvalue weighted by Gasteiger charge is -2.60. The normalized spacial score (nSPS) is 29.4. The molecule has 3 nitrogen and oxygen atoms in total. The highest BCUT2D eigenvalue weighted by atomic mass is 16.5. The molecule has 3 saturated carbocycles. The van der Waals surface area contributed by atoms with Crippen LogP contribution in [0.2, 0.25) is 0 Å². The van der Waals surface area contributed by atoms with Crippen molar-refractivity contribution < 1.29 is 9.53 Å². The van der Waals surface area contributed by atoms with E-state index in [-0.39, 0.29) is 5.91 Å². The Kier molecular flexibility index (Phi) is 3.68. The van der Waals surface area contributed by atoms with Crippen LogP contribution in [0, 0.1) is 23.2 Å². The lowest BCUT2D eigenvalue weighted by atomic mass is 9.45. The molecule has 0 radical (unpaired) electrons. The fraction of sp³-hybridized carbons (Fsp3) is 0.611. The van der Waals surface area contributed by atoms with Gasteiger partial charge in [0.25, 0.3) is 5.91 Å². The third-order valence-electron chi connectivity index (χ3n) is 5.88. The maximum Gasteiger partial charge on any atom is 0.255 e. The van der Waals surface area contributed by atoms with Gasteiger partial charge in [0.05, 0.1) is 12.7 Å². The minimum Gasteiger partial charge on any atom is -0.496 e. The first-order valence-electron chi connectivity index (χ1n) is 7.95. The molecule has 0 aromatic heterocycles. The number of methoxy groups -OCH3 is 1. The molecule has 3 aliphatic rings. The molecular weight excluding hydrogens is 262 g/mol. The van der Waals surface area contributed by atoms with Crippen molar-refractivity contribution in [2.75, 3.05) is 13.7 Å². The van der Waals surface area contributed by atoms with Crippen LogP contribution in [0.25, 0.3) is 0 Å². The molecule has 0 saturated heterocycles. The molecule has 114 valence electrons. The van der Waals surface area contributed by atoms with Crippen molar-refractivity contribution in [2.24, 2.45) is 23.2 Å². The third-order valence-corrected chi connectivity index (χ3v) is 5.88. The van der Waals surface area contributed by atoms with Gasteiger partial charge in [0.1, 0.15) is 5.75 Å². The van der Waals surface area contributed by atoms with E-state index in [4.69, 9.17) is 4.74 Å². The number of amides is 1. The molecule has 1 amide bonds. The molecule has 1 aromatic carbocycles. The summed E-state index contributed by atoms with van der Waals surface area (Å²) in [6.07, 6.45) is 3.92. The van der Waals surface area contributed by atoms with Crippen molar-refractivity contribution in [3.8, 4) is 5.75 Å². The monoisotopic (exact) mass is 287 g/mol. The maximum atomic E-state index is 12.4. The van der Waals surface area contributed by atoms with Crippen LogP contribution in [0.1, 0.15) is 43.5 Å². The van der Waals surface area contributed by atoms with Crippen LogP contribution in [0.5, 0.6) is 5.75 Å². The average Bonchev–Trinajstić information content (AvgIpc) is 2.52. The van der Waals surface area contributed by atoms with Gasteiger partial charge in [-0.05, 0) is 54.6 Å². The van der Waals surface area contributed by atoms with Crippen molar-refractivity contribution >= 4 is 5.91 Å². The smallest absolute Gasteiger partial charge is 0.255 e. The minimum atomic E-state index is -0.0216. The predicted molar refractivity (Wildman–Crippen MR) is 83.4 cm³/mol. The quantitative estimate of drug-likeness (QED) is 0.920. The summed E-state index contributed by atoms with van der Waals surface area (Å²) in [5.74, 6) is 2.93. The third kappa shape index (κ3) is 2.43. The van der Waals surface area contributed by atoms with Crippen LogP contribution < -0.4 is 10.1 Å². The van der Waals surface area contributed by atoms with Gasteiger partial charge >= 0.3 is 0 Å². The summed E-state index contributed by atoms with van der Waals surface area (Å²) in [7, 11) is 1.60. The highest BCUT2D eigenvalue weighted by molar-refractivity contribution is 5.96. The fourth-order valence-corrected chi connectivity index (χ4v) is 4.36. The second-order valence-electron chi connectivity index (χ2n) is 7.11. The van der Waals surface area contributed by atoms with Gasteiger partial charge in [0.15, 0.2) is 0 Å². The first-order chi connectivity index (χ1) is 10.0. The zero-order valence-corrected chi connectivity index (χ0v) is 13.2. The molecule has 3 aliphatic carbocycles. The second-order valence-corrected chi connectivity index (χ2v) is 7.11. The van der Waals surface area contributed by atoms with Gasteiger partial charge in [-0.2, -0.15) is 0 Å². The molecular formula is C18H25NO2. The standard InChI is InChI=1S/C18H25NO2/c1-18(2)13-9-8-12(15(18)10-13)11-19-17(20)14-6-4-5-7-16(14)21-3/h4-7,12-13,15H,8-11H2,1-3H3,(H,19,20)/t12-,13-,15-/m0/s1. The Labute approximate surface area is 127 Å². The van der Waals surface area contributed by atoms with Gasteiger partial charge in [-0.15, -0.1) is 0 Å². The molecule has 0 heterocycles. The number of benzene rings is 1. The summed E-state index contributed by atoms with van der Waals surface area (Å²) in [5.41, 5.74) is 1.10. The number of hydrogen-bond donors (Lipinski definition) is 1. The molecule has 3 atom stereocenters. The van der Waals surface area contributed by atoms with Crippen molar-refractivity contribution in [3.05, 3.63) is 29.8 Å². The highest BCUT2D eigenvalue weighted by Gasteiger charge is 2.53. The van der Waals surface area contributed by atoms with Gasteiger partial charge in [-0.25, -0.2) is 0 Å². The molecule has 2 bridgehead atoms. The minimum absolute atomic E-state index is 0.0216. The van der Waals surface area contributed by atoms with E-state index in [1.165, 1.54) is 19.3 Å². The molecule has 1 N–H and O–H groups in total. The van der Waals surface area contributed by atoms with E-state index in [1.807, 2.05) is 24.3 Å². The summed E-state index contributed by atoms with van der Waals surface area (Å²) in [5, 5.41) is 3.12. The Morgan fingerprint density at radius 2 is 2.10 bits per heavy atom. The van der Waals surface area contributed by atoms with Crippen molar-refractivity contribution in [3.63, 3.8) is 0 Å². The summed E-state index contributed by atoms with van der Waals surface area (Å²) in [6.45, 7) is 5.57. The van der Waals surface area contributed by atoms with Crippen molar-refractivity contribution in [2.45, 2.75) is 33.1 Å². The van der Waals surface area contributed by atoms with Gasteiger partial charge in [-0.1, -0.05) is 26.0 Å². The number of para-hydroxylation sites is 1. The second kappa shape index (κ2) is 5.36. The van der Waals surface area contributed by atoms with Gasteiger partial charge in [0.2, 0.25) is 0 Å². The summed E-state index contributed by atoms with van der Waals surface area (Å²) in [6, 6.07) is 7.40. The number of nitrogens with one attached hydrogen (secondary N) is 1. The molecule has 0 aliphatic heterocycles. The van der Waals surface area contributed by atoms with Crippen LogP contribution in [-0.2, 0) is 0 Å². The van der Waals surface area contributed by atoms with Gasteiger partial charge in [0, 0.05) is 6.54 Å². The van der Waals surface area contributed by atoms with E-state index in [9.17, 15) is 4.79 Å². The molecule has 4 rings (SSSR count). The number of carbonyl (C=O) groups is 1. The van der Waals surface area contributed by atoms with Crippen LogP contribution >= 0.6 is 0 Å². The van der Waals surface area contributed by atoms with E-state index < -0.39 is 0 Å². The van der Waals surface area contributed by atoms with Crippen LogP contribution in [0.15, 0.2) is 24.3 Å². The number of hydrogen-bond acceptors (Lipinski definition) is 2. The zero-order valence-electron chi connectivity index (χ0n) is 13.2. The molecule has 0 unspecified atom stereocenters. The van der Waals surface area contributed by atoms with Crippen LogP contribution in [-0.4, -0.2) is 19.6 Å². The van der Waals surface area contributed by atoms with Crippen LogP contribution in [0.3, 0.4) is 0 Å². The Balaban J connectivity index is 1.61. The zero-order chi connectivity index (χ0) is 15.0. The Hall–Kier alpha value is -1.51. The van der Waals surface area contributed by atoms with E-state index in [0.29, 0.717) is 22.6 Å². The topological polar surface area (TPSA) is 38.3 Å². The Bertz CT molecular complexity index is 536. The molecule has 0 spiro atoms. The summed E-state index contributed by atoms with van der Waals surface area (Å²) >= 11 is 0. The number of rotatable bonds is 4. The van der Waals surface area contributed by atoms with Gasteiger partial charge in [-0.3, -0.25) is 4.79 Å². The first-order valence-corrected chi connectivity index (χ1v) is 7.95. The number of carbonyl (C=O) groups excluding carboxylic acids is 1. The summed E-state index contributed by atoms with van der Waals surface area (Å²) in [4.78, 5) is 12.4. The Morgan fingerprint density at radius 3 is 2.76 bits per heavy atom. The Morgan fingerprint density at radius 1 is 1.33 bits per heavy atom. The van der Waals surface area contributed by atoms with Crippen molar-refractivity contribution in [1.82, 2.24) is 5.32 Å². The average molecular weight is 287 g/mol. The van der Waals surface area contributed by atoms with Gasteiger partial charge < -0.3 is 10.1 Å². The predicted octanol–water partition coefficient (Wildman–Crippen LogP) is 3.50. The van der Waals surface area contributed by atoms with E-state index in [0.717, 1.165) is 18.4 Å². The highest BCUT2D eigenvalue weighted by Crippen LogP contribution is 2.61. The molecule has 3 fully saturated rings. The molecule has 3 heteroatoms. The van der Waals surface area contributed by atoms with E-state index in [2.05, 4.69) is 19.2 Å². The van der Waals surface area contributed by atoms with E-state index >= 15 is 0 Å². The molecule has 1 aromatic rings. The number of ether oxygens (including phenoxy) is 1. The van der Waals surface area contributed by atoms with Crippen LogP contribution in [0.4, 0.5) is 0 Å². The van der Waals surface area contributed by atoms with Crippen molar-refractivity contribution in [1.29, 1.82) is 0 Å². The SMILES string of the molecule is COc1ccccc1C(=O)NC[C@@H]1CC[C@H]2C[C@@H]1C2(C)C. The van der Waals surface area contributed by atoms with E-state index in [1.54, 1.807) is 7.11 Å².